The van der Waals surface area contributed by atoms with Crippen molar-refractivity contribution in [1.82, 2.24) is 4.72 Å². The first kappa shape index (κ1) is 17.9. The van der Waals surface area contributed by atoms with E-state index in [1.165, 1.54) is 0 Å². The van der Waals surface area contributed by atoms with Crippen molar-refractivity contribution < 1.29 is 13.2 Å². The summed E-state index contributed by atoms with van der Waals surface area (Å²) < 4.78 is 32.2. The Balaban J connectivity index is 2.59. The van der Waals surface area contributed by atoms with E-state index in [0.29, 0.717) is 38.5 Å². The molecule has 6 nitrogen and oxygen atoms in total. The third-order valence-electron chi connectivity index (χ3n) is 2.76. The molecule has 0 saturated heterocycles. The summed E-state index contributed by atoms with van der Waals surface area (Å²) in [6, 6.07) is 6.90. The lowest BCUT2D eigenvalue weighted by atomic mass is 10.3. The van der Waals surface area contributed by atoms with Crippen LogP contribution < -0.4 is 15.8 Å². The van der Waals surface area contributed by atoms with Crippen LogP contribution in [0.25, 0.3) is 0 Å². The Morgan fingerprint density at radius 1 is 1.19 bits per heavy atom. The number of sulfonamides is 1. The second-order valence-corrected chi connectivity index (χ2v) is 6.31. The lowest BCUT2D eigenvalue weighted by molar-refractivity contribution is 0.141. The summed E-state index contributed by atoms with van der Waals surface area (Å²) in [7, 11) is -3.46. The predicted molar refractivity (Wildman–Crippen MR) is 84.9 cm³/mol. The molecule has 1 aromatic carbocycles. The molecule has 0 heterocycles. The summed E-state index contributed by atoms with van der Waals surface area (Å²) >= 11 is 0. The van der Waals surface area contributed by atoms with Crippen LogP contribution in [0, 0.1) is 0 Å². The van der Waals surface area contributed by atoms with E-state index >= 15 is 0 Å². The quantitative estimate of drug-likeness (QED) is 0.533. The van der Waals surface area contributed by atoms with Crippen molar-refractivity contribution in [2.24, 2.45) is 5.73 Å². The molecule has 0 aliphatic rings. The van der Waals surface area contributed by atoms with E-state index in [1.807, 2.05) is 13.0 Å². The molecule has 0 radical (unpaired) electrons. The Bertz CT molecular complexity index is 506. The van der Waals surface area contributed by atoms with Gasteiger partial charge in [-0.1, -0.05) is 19.1 Å². The number of anilines is 1. The summed E-state index contributed by atoms with van der Waals surface area (Å²) in [5.74, 6) is 0. The van der Waals surface area contributed by atoms with Crippen LogP contribution >= 0.6 is 0 Å². The SMILES string of the molecule is CCCNS(=O)(=O)c1ccccc1NCCCOCCN. The molecule has 4 N–H and O–H groups in total. The predicted octanol–water partition coefficient (Wildman–Crippen LogP) is 1.15. The Morgan fingerprint density at radius 3 is 2.67 bits per heavy atom. The molecule has 0 bridgehead atoms. The number of nitrogens with one attached hydrogen (secondary N) is 2. The summed E-state index contributed by atoms with van der Waals surface area (Å²) in [6.45, 7) is 4.67. The molecule has 7 heteroatoms. The van der Waals surface area contributed by atoms with Crippen LogP contribution in [0.15, 0.2) is 29.2 Å². The van der Waals surface area contributed by atoms with Gasteiger partial charge in [-0.05, 0) is 25.0 Å². The largest absolute Gasteiger partial charge is 0.384 e. The van der Waals surface area contributed by atoms with Crippen molar-refractivity contribution in [3.05, 3.63) is 24.3 Å². The summed E-state index contributed by atoms with van der Waals surface area (Å²) in [5.41, 5.74) is 5.94. The highest BCUT2D eigenvalue weighted by atomic mass is 32.2. The number of para-hydroxylation sites is 1. The summed E-state index contributed by atoms with van der Waals surface area (Å²) in [4.78, 5) is 0.279. The highest BCUT2D eigenvalue weighted by Crippen LogP contribution is 2.20. The molecule has 21 heavy (non-hydrogen) atoms. The van der Waals surface area contributed by atoms with Crippen molar-refractivity contribution in [2.45, 2.75) is 24.7 Å². The number of ether oxygens (including phenoxy) is 1. The monoisotopic (exact) mass is 315 g/mol. The topological polar surface area (TPSA) is 93.5 Å². The van der Waals surface area contributed by atoms with E-state index < -0.39 is 10.0 Å². The maximum Gasteiger partial charge on any atom is 0.242 e. The number of hydrogen-bond acceptors (Lipinski definition) is 5. The van der Waals surface area contributed by atoms with Crippen LogP contribution in [0.4, 0.5) is 5.69 Å². The van der Waals surface area contributed by atoms with Gasteiger partial charge in [0.05, 0.1) is 12.3 Å². The zero-order chi connectivity index (χ0) is 15.6. The molecule has 0 aliphatic heterocycles. The maximum absolute atomic E-state index is 12.2. The third kappa shape index (κ3) is 6.43. The Hall–Kier alpha value is -1.15. The number of nitrogens with two attached hydrogens (primary N) is 1. The lowest BCUT2D eigenvalue weighted by Gasteiger charge is -2.13. The van der Waals surface area contributed by atoms with Gasteiger partial charge in [0, 0.05) is 26.2 Å². The lowest BCUT2D eigenvalue weighted by Crippen LogP contribution is -2.25. The molecule has 0 aliphatic carbocycles. The van der Waals surface area contributed by atoms with Gasteiger partial charge in [0.15, 0.2) is 0 Å². The fourth-order valence-electron chi connectivity index (χ4n) is 1.74. The van der Waals surface area contributed by atoms with Crippen molar-refractivity contribution >= 4 is 15.7 Å². The zero-order valence-corrected chi connectivity index (χ0v) is 13.3. The Kier molecular flexibility index (Phi) is 8.29. The molecule has 1 aromatic rings. The van der Waals surface area contributed by atoms with Gasteiger partial charge in [0.1, 0.15) is 4.90 Å². The van der Waals surface area contributed by atoms with E-state index in [1.54, 1.807) is 18.2 Å². The molecule has 0 atom stereocenters. The normalized spacial score (nSPS) is 11.5. The van der Waals surface area contributed by atoms with Crippen LogP contribution in [0.2, 0.25) is 0 Å². The van der Waals surface area contributed by atoms with Gasteiger partial charge in [-0.25, -0.2) is 13.1 Å². The second kappa shape index (κ2) is 9.73. The number of rotatable bonds is 11. The van der Waals surface area contributed by atoms with Gasteiger partial charge in [0.25, 0.3) is 0 Å². The minimum Gasteiger partial charge on any atom is -0.384 e. The summed E-state index contributed by atoms with van der Waals surface area (Å²) in [5, 5.41) is 3.14. The average molecular weight is 315 g/mol. The fraction of sp³-hybridized carbons (Fsp3) is 0.571. The van der Waals surface area contributed by atoms with Crippen LogP contribution in [0.3, 0.4) is 0 Å². The molecule has 0 unspecified atom stereocenters. The van der Waals surface area contributed by atoms with E-state index in [-0.39, 0.29) is 4.90 Å². The van der Waals surface area contributed by atoms with Crippen LogP contribution in [-0.4, -0.2) is 41.3 Å². The molecular weight excluding hydrogens is 290 g/mol. The van der Waals surface area contributed by atoms with Crippen LogP contribution in [0.1, 0.15) is 19.8 Å². The van der Waals surface area contributed by atoms with E-state index in [4.69, 9.17) is 10.5 Å². The van der Waals surface area contributed by atoms with Crippen molar-refractivity contribution in [2.75, 3.05) is 38.2 Å². The second-order valence-electron chi connectivity index (χ2n) is 4.58. The number of hydrogen-bond donors (Lipinski definition) is 3. The maximum atomic E-state index is 12.2. The molecule has 0 fully saturated rings. The minimum atomic E-state index is -3.46. The smallest absolute Gasteiger partial charge is 0.242 e. The molecule has 0 aromatic heterocycles. The minimum absolute atomic E-state index is 0.279. The van der Waals surface area contributed by atoms with E-state index in [9.17, 15) is 8.42 Å². The van der Waals surface area contributed by atoms with Gasteiger partial charge in [-0.2, -0.15) is 0 Å². The van der Waals surface area contributed by atoms with Gasteiger partial charge in [-0.15, -0.1) is 0 Å². The first-order valence-electron chi connectivity index (χ1n) is 7.22. The van der Waals surface area contributed by atoms with Gasteiger partial charge >= 0.3 is 0 Å². The fourth-order valence-corrected chi connectivity index (χ4v) is 3.06. The standard InChI is InChI=1S/C14H25N3O3S/c1-2-9-17-21(18,19)14-7-4-3-6-13(14)16-10-5-11-20-12-8-15/h3-4,6-7,16-17H,2,5,8-12,15H2,1H3. The van der Waals surface area contributed by atoms with Crippen LogP contribution in [0.5, 0.6) is 0 Å². The molecule has 0 amide bonds. The zero-order valence-electron chi connectivity index (χ0n) is 12.5. The van der Waals surface area contributed by atoms with E-state index in [0.717, 1.165) is 12.8 Å². The molecule has 0 saturated carbocycles. The first-order chi connectivity index (χ1) is 10.1. The van der Waals surface area contributed by atoms with E-state index in [2.05, 4.69) is 10.0 Å². The molecule has 120 valence electrons. The molecular formula is C14H25N3O3S. The average Bonchev–Trinajstić information content (AvgIpc) is 2.49. The Morgan fingerprint density at radius 2 is 1.95 bits per heavy atom. The highest BCUT2D eigenvalue weighted by molar-refractivity contribution is 7.89. The number of benzene rings is 1. The van der Waals surface area contributed by atoms with Crippen LogP contribution in [-0.2, 0) is 14.8 Å². The first-order valence-corrected chi connectivity index (χ1v) is 8.70. The molecule has 0 spiro atoms. The van der Waals surface area contributed by atoms with Crippen molar-refractivity contribution in [3.63, 3.8) is 0 Å². The molecule has 1 rings (SSSR count). The summed E-state index contributed by atoms with van der Waals surface area (Å²) in [6.07, 6.45) is 1.55. The highest BCUT2D eigenvalue weighted by Gasteiger charge is 2.16. The Labute approximate surface area is 127 Å². The van der Waals surface area contributed by atoms with Gasteiger partial charge in [0.2, 0.25) is 10.0 Å². The van der Waals surface area contributed by atoms with Crippen molar-refractivity contribution in [1.29, 1.82) is 0 Å². The van der Waals surface area contributed by atoms with Gasteiger partial charge < -0.3 is 15.8 Å². The van der Waals surface area contributed by atoms with Gasteiger partial charge in [-0.3, -0.25) is 0 Å². The third-order valence-corrected chi connectivity index (χ3v) is 4.28. The van der Waals surface area contributed by atoms with Crippen molar-refractivity contribution in [3.8, 4) is 0 Å².